The molecule has 1 saturated heterocycles. The van der Waals surface area contributed by atoms with E-state index in [2.05, 4.69) is 4.98 Å². The fourth-order valence-electron chi connectivity index (χ4n) is 3.87. The third-order valence-corrected chi connectivity index (χ3v) is 5.44. The molecule has 1 atom stereocenters. The fraction of sp³-hybridized carbons (Fsp3) is 0.208. The maximum atomic E-state index is 13.6. The predicted molar refractivity (Wildman–Crippen MR) is 115 cm³/mol. The maximum Gasteiger partial charge on any atom is 0.295 e. The summed E-state index contributed by atoms with van der Waals surface area (Å²) in [6.07, 6.45) is 5.72. The molecular weight excluding hydrogens is 413 g/mol. The molecule has 1 aliphatic rings. The fourth-order valence-corrected chi connectivity index (χ4v) is 3.87. The number of imidazole rings is 1. The van der Waals surface area contributed by atoms with Gasteiger partial charge in [0, 0.05) is 31.0 Å². The van der Waals surface area contributed by atoms with Gasteiger partial charge in [-0.2, -0.15) is 0 Å². The zero-order valence-corrected chi connectivity index (χ0v) is 17.4. The zero-order valence-electron chi connectivity index (χ0n) is 17.4. The van der Waals surface area contributed by atoms with Crippen molar-refractivity contribution in [1.82, 2.24) is 14.5 Å². The Hall–Kier alpha value is -3.94. The number of nitrogens with zero attached hydrogens (tertiary/aromatic N) is 3. The van der Waals surface area contributed by atoms with Crippen LogP contribution in [0.15, 0.2) is 72.8 Å². The quantitative estimate of drug-likeness (QED) is 0.349. The molecular formula is C24H22FN3O4. The van der Waals surface area contributed by atoms with Gasteiger partial charge in [-0.15, -0.1) is 0 Å². The van der Waals surface area contributed by atoms with E-state index in [-0.39, 0.29) is 17.9 Å². The molecule has 7 nitrogen and oxygen atoms in total. The van der Waals surface area contributed by atoms with Crippen LogP contribution in [0.5, 0.6) is 5.75 Å². The molecule has 3 aromatic rings. The zero-order chi connectivity index (χ0) is 22.7. The van der Waals surface area contributed by atoms with E-state index in [1.165, 1.54) is 36.3 Å². The summed E-state index contributed by atoms with van der Waals surface area (Å²) in [5.74, 6) is -1.70. The number of hydrogen-bond donors (Lipinski definition) is 1. The smallest absolute Gasteiger partial charge is 0.295 e. The summed E-state index contributed by atoms with van der Waals surface area (Å²) >= 11 is 0. The van der Waals surface area contributed by atoms with Gasteiger partial charge in [0.25, 0.3) is 11.7 Å². The highest BCUT2D eigenvalue weighted by molar-refractivity contribution is 6.46. The maximum absolute atomic E-state index is 13.6. The van der Waals surface area contributed by atoms with Gasteiger partial charge < -0.3 is 19.3 Å². The van der Waals surface area contributed by atoms with Crippen LogP contribution in [-0.4, -0.2) is 44.9 Å². The summed E-state index contributed by atoms with van der Waals surface area (Å²) in [5.41, 5.74) is 0.864. The molecule has 0 bridgehead atoms. The molecule has 0 aliphatic carbocycles. The Bertz CT molecular complexity index is 1160. The molecule has 1 aromatic heterocycles. The standard InChI is InChI=1S/C24H22FN3O4/c1-32-19-5-2-4-17(14-19)22(29)20-21(16-6-8-18(25)9-7-16)28(24(31)23(20)30)12-3-11-27-13-10-26-15-27/h2,4-10,13-15,21,29H,3,11-12H2,1H3/b22-20+. The van der Waals surface area contributed by atoms with Crippen LogP contribution in [0.3, 0.4) is 0 Å². The normalized spacial score (nSPS) is 17.7. The summed E-state index contributed by atoms with van der Waals surface area (Å²) < 4.78 is 20.6. The van der Waals surface area contributed by atoms with Gasteiger partial charge in [-0.05, 0) is 36.2 Å². The van der Waals surface area contributed by atoms with Gasteiger partial charge in [0.05, 0.1) is 25.1 Å². The summed E-state index contributed by atoms with van der Waals surface area (Å²) in [4.78, 5) is 31.4. The molecule has 1 aliphatic heterocycles. The largest absolute Gasteiger partial charge is 0.507 e. The Morgan fingerprint density at radius 3 is 2.62 bits per heavy atom. The summed E-state index contributed by atoms with van der Waals surface area (Å²) in [6, 6.07) is 11.4. The Morgan fingerprint density at radius 1 is 1.16 bits per heavy atom. The average Bonchev–Trinajstić information content (AvgIpc) is 3.41. The van der Waals surface area contributed by atoms with Gasteiger partial charge in [-0.1, -0.05) is 24.3 Å². The van der Waals surface area contributed by atoms with Crippen molar-refractivity contribution in [3.63, 3.8) is 0 Å². The highest BCUT2D eigenvalue weighted by Crippen LogP contribution is 2.39. The van der Waals surface area contributed by atoms with E-state index in [1.54, 1.807) is 36.8 Å². The van der Waals surface area contributed by atoms with Gasteiger partial charge in [-0.25, -0.2) is 9.37 Å². The van der Waals surface area contributed by atoms with Gasteiger partial charge in [0.15, 0.2) is 0 Å². The van der Waals surface area contributed by atoms with E-state index in [9.17, 15) is 19.1 Å². The van der Waals surface area contributed by atoms with Gasteiger partial charge >= 0.3 is 0 Å². The van der Waals surface area contributed by atoms with E-state index < -0.39 is 23.5 Å². The van der Waals surface area contributed by atoms with Crippen LogP contribution in [0.25, 0.3) is 5.76 Å². The highest BCUT2D eigenvalue weighted by atomic mass is 19.1. The molecule has 0 spiro atoms. The number of carbonyl (C=O) groups is 2. The molecule has 1 amide bonds. The van der Waals surface area contributed by atoms with Crippen LogP contribution in [0, 0.1) is 5.82 Å². The highest BCUT2D eigenvalue weighted by Gasteiger charge is 2.45. The van der Waals surface area contributed by atoms with Crippen molar-refractivity contribution < 1.29 is 23.8 Å². The number of benzene rings is 2. The minimum atomic E-state index is -0.829. The van der Waals surface area contributed by atoms with Crippen LogP contribution < -0.4 is 4.74 Å². The van der Waals surface area contributed by atoms with E-state index in [1.807, 2.05) is 10.8 Å². The molecule has 4 rings (SSSR count). The second-order valence-corrected chi connectivity index (χ2v) is 7.43. The number of ketones is 1. The van der Waals surface area contributed by atoms with Crippen molar-refractivity contribution in [3.05, 3.63) is 89.8 Å². The lowest BCUT2D eigenvalue weighted by Gasteiger charge is -2.25. The van der Waals surface area contributed by atoms with Crippen LogP contribution in [-0.2, 0) is 16.1 Å². The number of halogens is 1. The first kappa shape index (κ1) is 21.3. The summed E-state index contributed by atoms with van der Waals surface area (Å²) in [6.45, 7) is 0.884. The Kier molecular flexibility index (Phi) is 6.02. The van der Waals surface area contributed by atoms with E-state index in [0.29, 0.717) is 29.8 Å². The van der Waals surface area contributed by atoms with Crippen molar-refractivity contribution in [2.45, 2.75) is 19.0 Å². The van der Waals surface area contributed by atoms with Crippen LogP contribution in [0.2, 0.25) is 0 Å². The van der Waals surface area contributed by atoms with E-state index in [4.69, 9.17) is 4.74 Å². The van der Waals surface area contributed by atoms with Crippen molar-refractivity contribution in [2.24, 2.45) is 0 Å². The number of ether oxygens (including phenoxy) is 1. The lowest BCUT2D eigenvalue weighted by Crippen LogP contribution is -2.31. The van der Waals surface area contributed by atoms with Crippen molar-refractivity contribution in [1.29, 1.82) is 0 Å². The molecule has 8 heteroatoms. The van der Waals surface area contributed by atoms with Crippen molar-refractivity contribution in [3.8, 4) is 5.75 Å². The number of hydrogen-bond acceptors (Lipinski definition) is 5. The Balaban J connectivity index is 1.73. The average molecular weight is 435 g/mol. The molecule has 1 fully saturated rings. The minimum Gasteiger partial charge on any atom is -0.507 e. The number of amides is 1. The van der Waals surface area contributed by atoms with Crippen molar-refractivity contribution in [2.75, 3.05) is 13.7 Å². The second kappa shape index (κ2) is 9.05. The summed E-state index contributed by atoms with van der Waals surface area (Å²) in [7, 11) is 1.50. The molecule has 164 valence electrons. The Morgan fingerprint density at radius 2 is 1.94 bits per heavy atom. The van der Waals surface area contributed by atoms with Crippen molar-refractivity contribution >= 4 is 17.4 Å². The van der Waals surface area contributed by atoms with Gasteiger partial charge in [-0.3, -0.25) is 9.59 Å². The van der Waals surface area contributed by atoms with E-state index in [0.717, 1.165) is 0 Å². The number of aromatic nitrogens is 2. The number of aliphatic hydroxyl groups excluding tert-OH is 1. The molecule has 0 radical (unpaired) electrons. The first-order chi connectivity index (χ1) is 15.5. The number of methoxy groups -OCH3 is 1. The Labute approximate surface area is 184 Å². The number of aryl methyl sites for hydroxylation is 1. The first-order valence-corrected chi connectivity index (χ1v) is 10.1. The molecule has 2 heterocycles. The monoisotopic (exact) mass is 435 g/mol. The lowest BCUT2D eigenvalue weighted by molar-refractivity contribution is -0.139. The lowest BCUT2D eigenvalue weighted by atomic mass is 9.95. The SMILES string of the molecule is COc1cccc(/C(O)=C2\C(=O)C(=O)N(CCCn3ccnc3)C2c2ccc(F)cc2)c1. The molecule has 2 aromatic carbocycles. The number of likely N-dealkylation sites (tertiary alicyclic amines) is 1. The number of rotatable bonds is 7. The summed E-state index contributed by atoms with van der Waals surface area (Å²) in [5, 5.41) is 11.0. The van der Waals surface area contributed by atoms with Crippen LogP contribution in [0.1, 0.15) is 23.6 Å². The number of carbonyl (C=O) groups excluding carboxylic acids is 2. The number of aliphatic hydroxyl groups is 1. The topological polar surface area (TPSA) is 84.7 Å². The first-order valence-electron chi connectivity index (χ1n) is 10.1. The van der Waals surface area contributed by atoms with Gasteiger partial charge in [0.1, 0.15) is 17.3 Å². The minimum absolute atomic E-state index is 0.0301. The molecule has 1 unspecified atom stereocenters. The molecule has 0 saturated carbocycles. The third kappa shape index (κ3) is 4.12. The van der Waals surface area contributed by atoms with Crippen LogP contribution >= 0.6 is 0 Å². The van der Waals surface area contributed by atoms with Gasteiger partial charge in [0.2, 0.25) is 0 Å². The molecule has 1 N–H and O–H groups in total. The third-order valence-electron chi connectivity index (χ3n) is 5.44. The second-order valence-electron chi connectivity index (χ2n) is 7.43. The predicted octanol–water partition coefficient (Wildman–Crippen LogP) is 3.54. The van der Waals surface area contributed by atoms with E-state index >= 15 is 0 Å². The van der Waals surface area contributed by atoms with Crippen LogP contribution in [0.4, 0.5) is 4.39 Å². The molecule has 32 heavy (non-hydrogen) atoms. The number of Topliss-reactive ketones (excluding diaryl/α,β-unsaturated/α-hetero) is 1.